The lowest BCUT2D eigenvalue weighted by molar-refractivity contribution is 0.290. The Morgan fingerprint density at radius 3 is 2.58 bits per heavy atom. The van der Waals surface area contributed by atoms with E-state index in [-0.39, 0.29) is 11.4 Å². The molecule has 0 bridgehead atoms. The van der Waals surface area contributed by atoms with Gasteiger partial charge in [0.25, 0.3) is 0 Å². The summed E-state index contributed by atoms with van der Waals surface area (Å²) in [6.07, 6.45) is 1.59. The highest BCUT2D eigenvalue weighted by Gasteiger charge is 2.41. The van der Waals surface area contributed by atoms with Crippen molar-refractivity contribution in [1.29, 1.82) is 0 Å². The Bertz CT molecular complexity index is 584. The van der Waals surface area contributed by atoms with Gasteiger partial charge in [-0.3, -0.25) is 0 Å². The molecule has 0 amide bonds. The molecule has 0 aliphatic carbocycles. The first-order chi connectivity index (χ1) is 8.79. The second-order valence-corrected chi connectivity index (χ2v) is 7.29. The second-order valence-electron chi connectivity index (χ2n) is 5.46. The van der Waals surface area contributed by atoms with Gasteiger partial charge in [-0.15, -0.1) is 0 Å². The Hall–Kier alpha value is -0.980. The van der Waals surface area contributed by atoms with Crippen molar-refractivity contribution in [1.82, 2.24) is 4.31 Å². The molecule has 4 nitrogen and oxygen atoms in total. The topological polar surface area (TPSA) is 63.4 Å². The highest BCUT2D eigenvalue weighted by atomic mass is 32.2. The maximum absolute atomic E-state index is 14.0. The number of rotatable bonds is 3. The van der Waals surface area contributed by atoms with Gasteiger partial charge in [0.15, 0.2) is 0 Å². The van der Waals surface area contributed by atoms with Crippen molar-refractivity contribution in [3.63, 3.8) is 0 Å². The fraction of sp³-hybridized carbons (Fsp3) is 0.538. The van der Waals surface area contributed by atoms with Gasteiger partial charge in [-0.25, -0.2) is 12.8 Å². The highest BCUT2D eigenvalue weighted by Crippen LogP contribution is 2.34. The molecule has 1 aliphatic rings. The zero-order chi connectivity index (χ0) is 14.3. The van der Waals surface area contributed by atoms with Gasteiger partial charge in [-0.1, -0.05) is 6.07 Å². The number of halogens is 1. The number of sulfonamides is 1. The van der Waals surface area contributed by atoms with Crippen molar-refractivity contribution in [2.45, 2.75) is 43.7 Å². The zero-order valence-corrected chi connectivity index (χ0v) is 12.0. The molecule has 1 aromatic carbocycles. The third kappa shape index (κ3) is 2.52. The maximum atomic E-state index is 14.0. The summed E-state index contributed by atoms with van der Waals surface area (Å²) in [4.78, 5) is -0.264. The van der Waals surface area contributed by atoms with Gasteiger partial charge in [0.2, 0.25) is 10.0 Å². The van der Waals surface area contributed by atoms with Gasteiger partial charge in [0.05, 0.1) is 0 Å². The van der Waals surface area contributed by atoms with Gasteiger partial charge in [0.1, 0.15) is 10.7 Å². The smallest absolute Gasteiger partial charge is 0.246 e. The lowest BCUT2D eigenvalue weighted by Crippen LogP contribution is -2.42. The Morgan fingerprint density at radius 2 is 2.11 bits per heavy atom. The Kier molecular flexibility index (Phi) is 3.68. The van der Waals surface area contributed by atoms with Crippen molar-refractivity contribution in [2.24, 2.45) is 5.73 Å². The summed E-state index contributed by atoms with van der Waals surface area (Å²) in [6, 6.07) is 4.05. The quantitative estimate of drug-likeness (QED) is 0.922. The predicted molar refractivity (Wildman–Crippen MR) is 71.5 cm³/mol. The van der Waals surface area contributed by atoms with Crippen LogP contribution in [0.25, 0.3) is 0 Å². The largest absolute Gasteiger partial charge is 0.326 e. The average molecular weight is 286 g/mol. The molecular formula is C13H19FN2O2S. The van der Waals surface area contributed by atoms with Gasteiger partial charge in [-0.05, 0) is 44.4 Å². The molecule has 1 heterocycles. The lowest BCUT2D eigenvalue weighted by Gasteiger charge is -2.30. The first kappa shape index (κ1) is 14.4. The van der Waals surface area contributed by atoms with Crippen LogP contribution in [-0.2, 0) is 16.6 Å². The molecule has 2 rings (SSSR count). The molecule has 0 saturated carbocycles. The third-order valence-electron chi connectivity index (χ3n) is 3.62. The summed E-state index contributed by atoms with van der Waals surface area (Å²) >= 11 is 0. The van der Waals surface area contributed by atoms with Crippen molar-refractivity contribution in [3.8, 4) is 0 Å². The lowest BCUT2D eigenvalue weighted by atomic mass is 10.0. The van der Waals surface area contributed by atoms with E-state index in [2.05, 4.69) is 0 Å². The summed E-state index contributed by atoms with van der Waals surface area (Å²) < 4.78 is 40.4. The van der Waals surface area contributed by atoms with Crippen molar-refractivity contribution in [2.75, 3.05) is 6.54 Å². The molecule has 2 N–H and O–H groups in total. The van der Waals surface area contributed by atoms with Crippen LogP contribution in [0.5, 0.6) is 0 Å². The maximum Gasteiger partial charge on any atom is 0.246 e. The standard InChI is InChI=1S/C13H19FN2O2S/c1-13(2)6-3-7-16(13)19(17,18)12-5-4-10(9-15)8-11(12)14/h4-5,8H,3,6-7,9,15H2,1-2H3. The Balaban J connectivity index is 2.46. The summed E-state index contributed by atoms with van der Waals surface area (Å²) in [7, 11) is -3.78. The fourth-order valence-corrected chi connectivity index (χ4v) is 4.42. The van der Waals surface area contributed by atoms with Gasteiger partial charge in [-0.2, -0.15) is 4.31 Å². The number of hydrogen-bond acceptors (Lipinski definition) is 3. The van der Waals surface area contributed by atoms with E-state index in [1.165, 1.54) is 16.4 Å². The van der Waals surface area contributed by atoms with Crippen LogP contribution >= 0.6 is 0 Å². The Labute approximate surface area is 113 Å². The minimum atomic E-state index is -3.78. The van der Waals surface area contributed by atoms with E-state index in [0.717, 1.165) is 12.8 Å². The molecule has 0 radical (unpaired) electrons. The molecule has 0 atom stereocenters. The van der Waals surface area contributed by atoms with E-state index in [9.17, 15) is 12.8 Å². The van der Waals surface area contributed by atoms with Crippen LogP contribution in [0.1, 0.15) is 32.3 Å². The molecule has 1 aliphatic heterocycles. The summed E-state index contributed by atoms with van der Waals surface area (Å²) in [5, 5.41) is 0. The molecule has 1 fully saturated rings. The van der Waals surface area contributed by atoms with Crippen LogP contribution in [-0.4, -0.2) is 24.8 Å². The van der Waals surface area contributed by atoms with E-state index in [0.29, 0.717) is 12.1 Å². The fourth-order valence-electron chi connectivity index (χ4n) is 2.53. The van der Waals surface area contributed by atoms with Crippen molar-refractivity contribution >= 4 is 10.0 Å². The van der Waals surface area contributed by atoms with Crippen LogP contribution in [0.4, 0.5) is 4.39 Å². The predicted octanol–water partition coefficient (Wildman–Crippen LogP) is 1.85. The van der Waals surface area contributed by atoms with Crippen molar-refractivity contribution < 1.29 is 12.8 Å². The molecule has 6 heteroatoms. The van der Waals surface area contributed by atoms with E-state index < -0.39 is 21.4 Å². The SMILES string of the molecule is CC1(C)CCCN1S(=O)(=O)c1ccc(CN)cc1F. The first-order valence-electron chi connectivity index (χ1n) is 6.30. The van der Waals surface area contributed by atoms with Crippen LogP contribution < -0.4 is 5.73 Å². The molecule has 1 aromatic rings. The van der Waals surface area contributed by atoms with Gasteiger partial charge in [0, 0.05) is 18.6 Å². The normalized spacial score (nSPS) is 19.8. The first-order valence-corrected chi connectivity index (χ1v) is 7.74. The minimum absolute atomic E-state index is 0.187. The van der Waals surface area contributed by atoms with E-state index >= 15 is 0 Å². The monoisotopic (exact) mass is 286 g/mol. The van der Waals surface area contributed by atoms with Crippen LogP contribution in [0.15, 0.2) is 23.1 Å². The average Bonchev–Trinajstić information content (AvgIpc) is 2.69. The number of benzene rings is 1. The van der Waals surface area contributed by atoms with Crippen molar-refractivity contribution in [3.05, 3.63) is 29.6 Å². The van der Waals surface area contributed by atoms with Crippen LogP contribution in [0.2, 0.25) is 0 Å². The Morgan fingerprint density at radius 1 is 1.42 bits per heavy atom. The van der Waals surface area contributed by atoms with Crippen LogP contribution in [0.3, 0.4) is 0 Å². The summed E-state index contributed by atoms with van der Waals surface area (Å²) in [6.45, 7) is 4.35. The van der Waals surface area contributed by atoms with Gasteiger partial charge >= 0.3 is 0 Å². The van der Waals surface area contributed by atoms with E-state index in [4.69, 9.17) is 5.73 Å². The third-order valence-corrected chi connectivity index (χ3v) is 5.77. The molecule has 19 heavy (non-hydrogen) atoms. The van der Waals surface area contributed by atoms with E-state index in [1.807, 2.05) is 13.8 Å². The van der Waals surface area contributed by atoms with Gasteiger partial charge < -0.3 is 5.73 Å². The molecule has 106 valence electrons. The summed E-state index contributed by atoms with van der Waals surface area (Å²) in [5.74, 6) is -0.731. The molecule has 0 unspecified atom stereocenters. The van der Waals surface area contributed by atoms with Crippen LogP contribution in [0, 0.1) is 5.82 Å². The molecule has 0 spiro atoms. The summed E-state index contributed by atoms with van der Waals surface area (Å²) in [5.41, 5.74) is 5.54. The highest BCUT2D eigenvalue weighted by molar-refractivity contribution is 7.89. The zero-order valence-electron chi connectivity index (χ0n) is 11.2. The number of hydrogen-bond donors (Lipinski definition) is 1. The molecule has 1 saturated heterocycles. The molecule has 0 aromatic heterocycles. The number of nitrogens with zero attached hydrogens (tertiary/aromatic N) is 1. The number of nitrogens with two attached hydrogens (primary N) is 1. The molecular weight excluding hydrogens is 267 g/mol. The van der Waals surface area contributed by atoms with E-state index in [1.54, 1.807) is 6.07 Å². The minimum Gasteiger partial charge on any atom is -0.326 e. The second kappa shape index (κ2) is 4.85.